The quantitative estimate of drug-likeness (QED) is 0.632. The van der Waals surface area contributed by atoms with Crippen LogP contribution in [0.15, 0.2) is 0 Å². The summed E-state index contributed by atoms with van der Waals surface area (Å²) in [6, 6.07) is 0. The van der Waals surface area contributed by atoms with Crippen molar-refractivity contribution in [2.45, 2.75) is 87.7 Å². The first-order chi connectivity index (χ1) is 9.95. The summed E-state index contributed by atoms with van der Waals surface area (Å²) in [5.41, 5.74) is 0.528. The van der Waals surface area contributed by atoms with E-state index in [1.54, 1.807) is 0 Å². The predicted octanol–water partition coefficient (Wildman–Crippen LogP) is 5.61. The van der Waals surface area contributed by atoms with Gasteiger partial charge in [-0.25, -0.2) is 0 Å². The van der Waals surface area contributed by atoms with E-state index in [0.29, 0.717) is 11.5 Å². The van der Waals surface area contributed by atoms with Gasteiger partial charge in [-0.05, 0) is 51.1 Å². The van der Waals surface area contributed by atoms with E-state index in [-0.39, 0.29) is 0 Å². The Morgan fingerprint density at radius 2 is 1.52 bits per heavy atom. The molecule has 1 saturated heterocycles. The van der Waals surface area contributed by atoms with Crippen LogP contribution >= 0.6 is 0 Å². The summed E-state index contributed by atoms with van der Waals surface area (Å²) in [5, 5.41) is 0. The Morgan fingerprint density at radius 3 is 1.90 bits per heavy atom. The summed E-state index contributed by atoms with van der Waals surface area (Å²) in [7, 11) is 0. The second kappa shape index (κ2) is 13.6. The van der Waals surface area contributed by atoms with Gasteiger partial charge in [0.15, 0.2) is 0 Å². The Balaban J connectivity index is 0. The zero-order chi connectivity index (χ0) is 16.9. The van der Waals surface area contributed by atoms with Crippen LogP contribution in [0.5, 0.6) is 0 Å². The summed E-state index contributed by atoms with van der Waals surface area (Å²) in [6.07, 6.45) is 4.39. The molecule has 0 amide bonds. The van der Waals surface area contributed by atoms with Crippen molar-refractivity contribution in [3.05, 3.63) is 0 Å². The molecule has 0 radical (unpaired) electrons. The van der Waals surface area contributed by atoms with E-state index in [1.807, 2.05) is 27.7 Å². The van der Waals surface area contributed by atoms with Crippen molar-refractivity contribution in [1.82, 2.24) is 4.90 Å². The predicted molar refractivity (Wildman–Crippen MR) is 97.0 cm³/mol. The Labute approximate surface area is 135 Å². The van der Waals surface area contributed by atoms with E-state index in [2.05, 4.69) is 39.5 Å². The molecule has 2 nitrogen and oxygen atoms in total. The van der Waals surface area contributed by atoms with Gasteiger partial charge in [-0.1, -0.05) is 54.9 Å². The lowest BCUT2D eigenvalue weighted by Crippen LogP contribution is -2.40. The minimum atomic E-state index is 0.367. The molecule has 0 aromatic rings. The molecular formula is C19H43NO. The molecule has 0 bridgehead atoms. The molecular weight excluding hydrogens is 258 g/mol. The molecule has 1 rings (SSSR count). The van der Waals surface area contributed by atoms with E-state index in [9.17, 15) is 0 Å². The Morgan fingerprint density at radius 1 is 1.05 bits per heavy atom. The first kappa shape index (κ1) is 23.2. The monoisotopic (exact) mass is 301 g/mol. The number of rotatable bonds is 6. The van der Waals surface area contributed by atoms with Crippen LogP contribution in [0.4, 0.5) is 0 Å². The van der Waals surface area contributed by atoms with Crippen LogP contribution in [-0.2, 0) is 4.74 Å². The van der Waals surface area contributed by atoms with Crippen molar-refractivity contribution >= 4 is 0 Å². The molecule has 0 saturated carbocycles. The molecule has 21 heavy (non-hydrogen) atoms. The lowest BCUT2D eigenvalue weighted by molar-refractivity contribution is 0.0392. The highest BCUT2D eigenvalue weighted by Crippen LogP contribution is 2.37. The van der Waals surface area contributed by atoms with Gasteiger partial charge in [-0.2, -0.15) is 0 Å². The number of piperidine rings is 1. The standard InChI is InChI=1S/C15H31NO.2C2H6/c1-6-15(4,5)14-7-9-16(10-8-14)11-12-17-13(2)3;2*1-2/h13-14H,6-12H2,1-5H3;2*1-2H3. The number of likely N-dealkylation sites (tertiary alicyclic amines) is 1. The zero-order valence-electron chi connectivity index (χ0n) is 16.5. The molecule has 1 fully saturated rings. The van der Waals surface area contributed by atoms with E-state index < -0.39 is 0 Å². The number of nitrogens with zero attached hydrogens (tertiary/aromatic N) is 1. The average molecular weight is 302 g/mol. The van der Waals surface area contributed by atoms with Crippen LogP contribution in [0.1, 0.15) is 81.6 Å². The SMILES string of the molecule is CC.CC.CCC(C)(C)C1CCN(CCOC(C)C)CC1. The van der Waals surface area contributed by atoms with Crippen molar-refractivity contribution in [1.29, 1.82) is 0 Å². The molecule has 1 heterocycles. The number of hydrogen-bond donors (Lipinski definition) is 0. The minimum Gasteiger partial charge on any atom is -0.377 e. The third-order valence-corrected chi connectivity index (χ3v) is 4.46. The van der Waals surface area contributed by atoms with Crippen molar-refractivity contribution in [2.75, 3.05) is 26.2 Å². The molecule has 130 valence electrons. The Kier molecular flexibility index (Phi) is 15.0. The van der Waals surface area contributed by atoms with E-state index in [1.165, 1.54) is 32.4 Å². The maximum absolute atomic E-state index is 5.62. The molecule has 1 aliphatic rings. The number of ether oxygens (including phenoxy) is 1. The van der Waals surface area contributed by atoms with Gasteiger partial charge < -0.3 is 9.64 Å². The topological polar surface area (TPSA) is 12.5 Å². The maximum Gasteiger partial charge on any atom is 0.0596 e. The van der Waals surface area contributed by atoms with Gasteiger partial charge in [0.1, 0.15) is 0 Å². The van der Waals surface area contributed by atoms with Crippen LogP contribution in [0.3, 0.4) is 0 Å². The molecule has 0 N–H and O–H groups in total. The van der Waals surface area contributed by atoms with Crippen LogP contribution in [0, 0.1) is 11.3 Å². The van der Waals surface area contributed by atoms with E-state index in [0.717, 1.165) is 19.1 Å². The van der Waals surface area contributed by atoms with Gasteiger partial charge in [0.25, 0.3) is 0 Å². The van der Waals surface area contributed by atoms with Gasteiger partial charge in [0.05, 0.1) is 12.7 Å². The van der Waals surface area contributed by atoms with Crippen molar-refractivity contribution in [3.8, 4) is 0 Å². The third-order valence-electron chi connectivity index (χ3n) is 4.46. The Bertz CT molecular complexity index is 206. The van der Waals surface area contributed by atoms with Gasteiger partial charge in [-0.3, -0.25) is 0 Å². The van der Waals surface area contributed by atoms with Crippen LogP contribution in [0.2, 0.25) is 0 Å². The fourth-order valence-corrected chi connectivity index (χ4v) is 2.64. The van der Waals surface area contributed by atoms with Crippen molar-refractivity contribution in [3.63, 3.8) is 0 Å². The fraction of sp³-hybridized carbons (Fsp3) is 1.00. The average Bonchev–Trinajstić information content (AvgIpc) is 2.51. The summed E-state index contributed by atoms with van der Waals surface area (Å²) in [4.78, 5) is 2.56. The summed E-state index contributed by atoms with van der Waals surface area (Å²) in [6.45, 7) is 23.9. The zero-order valence-corrected chi connectivity index (χ0v) is 16.5. The van der Waals surface area contributed by atoms with Gasteiger partial charge in [0, 0.05) is 6.54 Å². The van der Waals surface area contributed by atoms with Gasteiger partial charge >= 0.3 is 0 Å². The van der Waals surface area contributed by atoms with E-state index >= 15 is 0 Å². The summed E-state index contributed by atoms with van der Waals surface area (Å²) < 4.78 is 5.62. The molecule has 0 atom stereocenters. The molecule has 0 aliphatic carbocycles. The fourth-order valence-electron chi connectivity index (χ4n) is 2.64. The molecule has 1 aliphatic heterocycles. The molecule has 0 unspecified atom stereocenters. The second-order valence-corrected chi connectivity index (χ2v) is 6.38. The highest BCUT2D eigenvalue weighted by molar-refractivity contribution is 4.82. The highest BCUT2D eigenvalue weighted by Gasteiger charge is 2.30. The largest absolute Gasteiger partial charge is 0.377 e. The van der Waals surface area contributed by atoms with Crippen LogP contribution < -0.4 is 0 Å². The lowest BCUT2D eigenvalue weighted by atomic mass is 9.72. The third kappa shape index (κ3) is 10.3. The Hall–Kier alpha value is -0.0800. The first-order valence-electron chi connectivity index (χ1n) is 9.29. The molecule has 2 heteroatoms. The van der Waals surface area contributed by atoms with Crippen molar-refractivity contribution in [2.24, 2.45) is 11.3 Å². The normalized spacial score (nSPS) is 16.9. The molecule has 0 spiro atoms. The van der Waals surface area contributed by atoms with E-state index in [4.69, 9.17) is 4.74 Å². The summed E-state index contributed by atoms with van der Waals surface area (Å²) >= 11 is 0. The van der Waals surface area contributed by atoms with Crippen LogP contribution in [0.25, 0.3) is 0 Å². The van der Waals surface area contributed by atoms with Gasteiger partial charge in [0.2, 0.25) is 0 Å². The van der Waals surface area contributed by atoms with Crippen LogP contribution in [-0.4, -0.2) is 37.2 Å². The minimum absolute atomic E-state index is 0.367. The van der Waals surface area contributed by atoms with Crippen molar-refractivity contribution < 1.29 is 4.74 Å². The lowest BCUT2D eigenvalue weighted by Gasteiger charge is -2.40. The first-order valence-corrected chi connectivity index (χ1v) is 9.29. The smallest absolute Gasteiger partial charge is 0.0596 e. The number of hydrogen-bond acceptors (Lipinski definition) is 2. The molecule has 0 aromatic heterocycles. The van der Waals surface area contributed by atoms with Gasteiger partial charge in [-0.15, -0.1) is 0 Å². The highest BCUT2D eigenvalue weighted by atomic mass is 16.5. The second-order valence-electron chi connectivity index (χ2n) is 6.38. The summed E-state index contributed by atoms with van der Waals surface area (Å²) in [5.74, 6) is 0.912. The maximum atomic E-state index is 5.62. The molecule has 0 aromatic carbocycles.